The lowest BCUT2D eigenvalue weighted by Gasteiger charge is -2.23. The lowest BCUT2D eigenvalue weighted by atomic mass is 9.90. The number of ether oxygens (including phenoxy) is 1. The van der Waals surface area contributed by atoms with Gasteiger partial charge < -0.3 is 10.5 Å². The van der Waals surface area contributed by atoms with Crippen LogP contribution >= 0.6 is 11.3 Å². The van der Waals surface area contributed by atoms with Crippen LogP contribution in [0.1, 0.15) is 16.4 Å². The zero-order chi connectivity index (χ0) is 16.7. The number of nitriles is 1. The summed E-state index contributed by atoms with van der Waals surface area (Å²) in [5.74, 6) is -1.42. The fourth-order valence-corrected chi connectivity index (χ4v) is 3.21. The lowest BCUT2D eigenvalue weighted by Crippen LogP contribution is -2.33. The number of nitro groups is 1. The van der Waals surface area contributed by atoms with E-state index in [4.69, 9.17) is 10.5 Å². The highest BCUT2D eigenvalue weighted by Gasteiger charge is 2.35. The Kier molecular flexibility index (Phi) is 3.23. The summed E-state index contributed by atoms with van der Waals surface area (Å²) in [4.78, 5) is 38.4. The number of aromatic amines is 2. The molecule has 3 rings (SSSR count). The number of nitrogens with one attached hydrogen (secondary N) is 2. The van der Waals surface area contributed by atoms with Crippen molar-refractivity contribution in [2.45, 2.75) is 5.92 Å². The summed E-state index contributed by atoms with van der Waals surface area (Å²) in [6, 6.07) is 4.54. The van der Waals surface area contributed by atoms with Crippen molar-refractivity contribution in [2.75, 3.05) is 0 Å². The van der Waals surface area contributed by atoms with Gasteiger partial charge in [0, 0.05) is 10.9 Å². The predicted molar refractivity (Wildman–Crippen MR) is 78.0 cm³/mol. The molecular formula is C12H7N5O5S. The van der Waals surface area contributed by atoms with E-state index in [0.717, 1.165) is 11.3 Å². The highest BCUT2D eigenvalue weighted by atomic mass is 32.1. The number of aromatic nitrogens is 2. The summed E-state index contributed by atoms with van der Waals surface area (Å²) in [6.45, 7) is 0. The molecular weight excluding hydrogens is 326 g/mol. The number of fused-ring (bicyclic) bond motifs is 1. The number of nitrogens with two attached hydrogens (primary N) is 1. The van der Waals surface area contributed by atoms with Crippen LogP contribution in [0.3, 0.4) is 0 Å². The van der Waals surface area contributed by atoms with Gasteiger partial charge in [0.15, 0.2) is 0 Å². The van der Waals surface area contributed by atoms with Crippen molar-refractivity contribution in [1.29, 1.82) is 5.26 Å². The first kappa shape index (κ1) is 14.5. The molecule has 116 valence electrons. The van der Waals surface area contributed by atoms with Crippen LogP contribution < -0.4 is 21.7 Å². The average molecular weight is 333 g/mol. The molecule has 1 unspecified atom stereocenters. The van der Waals surface area contributed by atoms with E-state index in [1.807, 2.05) is 11.1 Å². The van der Waals surface area contributed by atoms with Gasteiger partial charge in [-0.3, -0.25) is 24.9 Å². The SMILES string of the molecule is N#CC1=C(N)Oc2[nH]c(=O)[nH]c(=O)c2C1c1ccc([N+](=O)[O-])s1. The highest BCUT2D eigenvalue weighted by Crippen LogP contribution is 2.42. The van der Waals surface area contributed by atoms with Crippen LogP contribution in [-0.4, -0.2) is 14.9 Å². The molecule has 0 radical (unpaired) electrons. The second-order valence-electron chi connectivity index (χ2n) is 4.51. The summed E-state index contributed by atoms with van der Waals surface area (Å²) in [7, 11) is 0. The van der Waals surface area contributed by atoms with Crippen LogP contribution in [-0.2, 0) is 0 Å². The maximum absolute atomic E-state index is 12.1. The highest BCUT2D eigenvalue weighted by molar-refractivity contribution is 7.15. The molecule has 0 aliphatic carbocycles. The maximum atomic E-state index is 12.1. The van der Waals surface area contributed by atoms with Crippen LogP contribution in [0, 0.1) is 21.4 Å². The third-order valence-electron chi connectivity index (χ3n) is 3.20. The van der Waals surface area contributed by atoms with Gasteiger partial charge in [-0.1, -0.05) is 11.3 Å². The molecule has 4 N–H and O–H groups in total. The van der Waals surface area contributed by atoms with E-state index in [2.05, 4.69) is 4.98 Å². The lowest BCUT2D eigenvalue weighted by molar-refractivity contribution is -0.380. The minimum Gasteiger partial charge on any atom is -0.424 e. The maximum Gasteiger partial charge on any atom is 0.328 e. The molecule has 10 nitrogen and oxygen atoms in total. The fourth-order valence-electron chi connectivity index (χ4n) is 2.27. The Morgan fingerprint density at radius 1 is 1.39 bits per heavy atom. The van der Waals surface area contributed by atoms with Gasteiger partial charge in [-0.25, -0.2) is 4.79 Å². The molecule has 0 spiro atoms. The summed E-state index contributed by atoms with van der Waals surface area (Å²) < 4.78 is 5.13. The van der Waals surface area contributed by atoms with Crippen molar-refractivity contribution in [3.05, 3.63) is 65.0 Å². The molecule has 2 aromatic heterocycles. The van der Waals surface area contributed by atoms with Crippen LogP contribution in [0.4, 0.5) is 5.00 Å². The predicted octanol–water partition coefficient (Wildman–Crippen LogP) is 0.251. The van der Waals surface area contributed by atoms with Gasteiger partial charge in [-0.15, -0.1) is 0 Å². The van der Waals surface area contributed by atoms with Gasteiger partial charge in [0.25, 0.3) is 5.56 Å². The Bertz CT molecular complexity index is 1010. The molecule has 1 aliphatic rings. The molecule has 0 amide bonds. The Labute approximate surface area is 130 Å². The first-order chi connectivity index (χ1) is 10.9. The van der Waals surface area contributed by atoms with Gasteiger partial charge in [0.1, 0.15) is 11.6 Å². The van der Waals surface area contributed by atoms with E-state index in [0.29, 0.717) is 4.88 Å². The second kappa shape index (κ2) is 5.11. The van der Waals surface area contributed by atoms with Gasteiger partial charge in [0.2, 0.25) is 11.8 Å². The normalized spacial score (nSPS) is 16.4. The molecule has 23 heavy (non-hydrogen) atoms. The van der Waals surface area contributed by atoms with Crippen molar-refractivity contribution in [1.82, 2.24) is 9.97 Å². The molecule has 0 aromatic carbocycles. The molecule has 1 atom stereocenters. The quantitative estimate of drug-likeness (QED) is 0.522. The van der Waals surface area contributed by atoms with Gasteiger partial charge in [0.05, 0.1) is 16.4 Å². The number of rotatable bonds is 2. The van der Waals surface area contributed by atoms with Gasteiger partial charge >= 0.3 is 10.7 Å². The first-order valence-corrected chi connectivity index (χ1v) is 6.92. The number of thiophene rings is 1. The Balaban J connectivity index is 2.29. The monoisotopic (exact) mass is 333 g/mol. The summed E-state index contributed by atoms with van der Waals surface area (Å²) >= 11 is 0.805. The van der Waals surface area contributed by atoms with Crippen molar-refractivity contribution in [2.24, 2.45) is 5.73 Å². The summed E-state index contributed by atoms with van der Waals surface area (Å²) in [6.07, 6.45) is 0. The van der Waals surface area contributed by atoms with Crippen molar-refractivity contribution >= 4 is 16.3 Å². The molecule has 1 aliphatic heterocycles. The number of nitrogens with zero attached hydrogens (tertiary/aromatic N) is 2. The zero-order valence-corrected chi connectivity index (χ0v) is 12.0. The smallest absolute Gasteiger partial charge is 0.328 e. The van der Waals surface area contributed by atoms with E-state index in [9.17, 15) is 25.0 Å². The minimum absolute atomic E-state index is 0.0351. The van der Waals surface area contributed by atoms with Crippen LogP contribution in [0.15, 0.2) is 33.2 Å². The molecule has 0 saturated heterocycles. The van der Waals surface area contributed by atoms with E-state index in [1.165, 1.54) is 12.1 Å². The van der Waals surface area contributed by atoms with Gasteiger partial charge in [-0.05, 0) is 6.07 Å². The van der Waals surface area contributed by atoms with E-state index >= 15 is 0 Å². The second-order valence-corrected chi connectivity index (χ2v) is 5.60. The number of H-pyrrole nitrogens is 2. The Morgan fingerprint density at radius 2 is 2.13 bits per heavy atom. The summed E-state index contributed by atoms with van der Waals surface area (Å²) in [5.41, 5.74) is 4.02. The molecule has 0 bridgehead atoms. The fraction of sp³-hybridized carbons (Fsp3) is 0.0833. The third-order valence-corrected chi connectivity index (χ3v) is 4.30. The average Bonchev–Trinajstić information content (AvgIpc) is 2.95. The van der Waals surface area contributed by atoms with Crippen molar-refractivity contribution in [3.63, 3.8) is 0 Å². The number of allylic oxidation sites excluding steroid dienone is 1. The zero-order valence-electron chi connectivity index (χ0n) is 11.2. The van der Waals surface area contributed by atoms with Crippen molar-refractivity contribution in [3.8, 4) is 11.9 Å². The number of hydrogen-bond acceptors (Lipinski definition) is 8. The van der Waals surface area contributed by atoms with E-state index < -0.39 is 22.1 Å². The van der Waals surface area contributed by atoms with Gasteiger partial charge in [-0.2, -0.15) is 5.26 Å². The Hall–Kier alpha value is -3.39. The molecule has 0 saturated carbocycles. The van der Waals surface area contributed by atoms with E-state index in [-0.39, 0.29) is 27.9 Å². The van der Waals surface area contributed by atoms with Crippen LogP contribution in [0.5, 0.6) is 5.88 Å². The first-order valence-electron chi connectivity index (χ1n) is 6.10. The Morgan fingerprint density at radius 3 is 2.74 bits per heavy atom. The number of hydrogen-bond donors (Lipinski definition) is 3. The molecule has 2 aromatic rings. The summed E-state index contributed by atoms with van der Waals surface area (Å²) in [5, 5.41) is 20.0. The molecule has 3 heterocycles. The van der Waals surface area contributed by atoms with Crippen molar-refractivity contribution < 1.29 is 9.66 Å². The molecule has 11 heteroatoms. The van der Waals surface area contributed by atoms with Crippen LogP contribution in [0.2, 0.25) is 0 Å². The minimum atomic E-state index is -0.956. The topological polar surface area (TPSA) is 168 Å². The standard InChI is InChI=1S/C12H7N5O5S/c13-3-4-7(5-1-2-6(23-5)17(20)21)8-10(18)15-12(19)16-11(8)22-9(4)14/h1-2,7H,14H2,(H2,15,16,18,19). The largest absolute Gasteiger partial charge is 0.424 e. The third kappa shape index (κ3) is 2.27. The molecule has 0 fully saturated rings. The van der Waals surface area contributed by atoms with E-state index in [1.54, 1.807) is 0 Å². The van der Waals surface area contributed by atoms with Crippen LogP contribution in [0.25, 0.3) is 0 Å².